The van der Waals surface area contributed by atoms with Gasteiger partial charge in [-0.1, -0.05) is 35.5 Å². The predicted octanol–water partition coefficient (Wildman–Crippen LogP) is 2.75. The SMILES string of the molecule is c1ccc(-c2noc(CN3CCN(C4CCSCC4)CC3)n2)cc1. The van der Waals surface area contributed by atoms with E-state index >= 15 is 0 Å². The average Bonchev–Trinajstić information content (AvgIpc) is 3.12. The van der Waals surface area contributed by atoms with Gasteiger partial charge in [-0.15, -0.1) is 0 Å². The van der Waals surface area contributed by atoms with Crippen molar-refractivity contribution in [2.75, 3.05) is 37.7 Å². The molecule has 0 saturated carbocycles. The fourth-order valence-corrected chi connectivity index (χ4v) is 4.63. The van der Waals surface area contributed by atoms with Gasteiger partial charge in [-0.2, -0.15) is 16.7 Å². The molecule has 2 saturated heterocycles. The molecule has 1 aromatic heterocycles. The summed E-state index contributed by atoms with van der Waals surface area (Å²) in [6.07, 6.45) is 2.71. The van der Waals surface area contributed by atoms with E-state index in [1.54, 1.807) is 0 Å². The number of benzene rings is 1. The van der Waals surface area contributed by atoms with Crippen molar-refractivity contribution in [2.24, 2.45) is 0 Å². The first-order valence-corrected chi connectivity index (χ1v) is 9.96. The maximum absolute atomic E-state index is 5.45. The summed E-state index contributed by atoms with van der Waals surface area (Å²) in [4.78, 5) is 9.65. The average molecular weight is 344 g/mol. The Morgan fingerprint density at radius 1 is 1.04 bits per heavy atom. The summed E-state index contributed by atoms with van der Waals surface area (Å²) in [5.74, 6) is 4.06. The van der Waals surface area contributed by atoms with Gasteiger partial charge in [-0.3, -0.25) is 9.80 Å². The van der Waals surface area contributed by atoms with Crippen molar-refractivity contribution in [3.63, 3.8) is 0 Å². The molecule has 0 amide bonds. The highest BCUT2D eigenvalue weighted by atomic mass is 32.2. The number of hydrogen-bond donors (Lipinski definition) is 0. The van der Waals surface area contributed by atoms with Crippen LogP contribution in [-0.4, -0.2) is 63.7 Å². The summed E-state index contributed by atoms with van der Waals surface area (Å²) >= 11 is 2.10. The van der Waals surface area contributed by atoms with Crippen molar-refractivity contribution in [1.29, 1.82) is 0 Å². The van der Waals surface area contributed by atoms with E-state index in [4.69, 9.17) is 4.52 Å². The van der Waals surface area contributed by atoms with Gasteiger partial charge in [-0.25, -0.2) is 0 Å². The lowest BCUT2D eigenvalue weighted by Gasteiger charge is -2.40. The molecule has 24 heavy (non-hydrogen) atoms. The van der Waals surface area contributed by atoms with Gasteiger partial charge < -0.3 is 4.52 Å². The Hall–Kier alpha value is -1.37. The zero-order valence-corrected chi connectivity index (χ0v) is 14.7. The van der Waals surface area contributed by atoms with Gasteiger partial charge >= 0.3 is 0 Å². The minimum atomic E-state index is 0.684. The molecule has 5 nitrogen and oxygen atoms in total. The second-order valence-corrected chi connectivity index (χ2v) is 7.76. The Bertz CT molecular complexity index is 633. The Morgan fingerprint density at radius 3 is 2.54 bits per heavy atom. The van der Waals surface area contributed by atoms with E-state index in [1.807, 2.05) is 30.3 Å². The molecule has 0 atom stereocenters. The number of piperazine rings is 1. The molecule has 0 bridgehead atoms. The van der Waals surface area contributed by atoms with Gasteiger partial charge in [0.1, 0.15) is 0 Å². The van der Waals surface area contributed by atoms with Gasteiger partial charge in [-0.05, 0) is 24.3 Å². The molecule has 0 radical (unpaired) electrons. The predicted molar refractivity (Wildman–Crippen MR) is 96.9 cm³/mol. The van der Waals surface area contributed by atoms with Gasteiger partial charge in [0.15, 0.2) is 0 Å². The zero-order chi connectivity index (χ0) is 16.2. The second-order valence-electron chi connectivity index (χ2n) is 6.53. The van der Waals surface area contributed by atoms with Crippen LogP contribution < -0.4 is 0 Å². The van der Waals surface area contributed by atoms with E-state index in [9.17, 15) is 0 Å². The lowest BCUT2D eigenvalue weighted by atomic mass is 10.1. The van der Waals surface area contributed by atoms with Crippen molar-refractivity contribution in [2.45, 2.75) is 25.4 Å². The number of nitrogens with zero attached hydrogens (tertiary/aromatic N) is 4. The standard InChI is InChI=1S/C18H24N4OS/c1-2-4-15(5-3-1)18-19-17(23-20-18)14-21-8-10-22(11-9-21)16-6-12-24-13-7-16/h1-5,16H,6-14H2. The molecular weight excluding hydrogens is 320 g/mol. The molecule has 3 heterocycles. The summed E-state index contributed by atoms with van der Waals surface area (Å²) < 4.78 is 5.45. The number of aromatic nitrogens is 2. The van der Waals surface area contributed by atoms with Crippen LogP contribution in [0, 0.1) is 0 Å². The van der Waals surface area contributed by atoms with Crippen molar-refractivity contribution in [1.82, 2.24) is 19.9 Å². The lowest BCUT2D eigenvalue weighted by Crippen LogP contribution is -2.50. The largest absolute Gasteiger partial charge is 0.338 e. The van der Waals surface area contributed by atoms with Crippen LogP contribution >= 0.6 is 11.8 Å². The van der Waals surface area contributed by atoms with E-state index in [-0.39, 0.29) is 0 Å². The van der Waals surface area contributed by atoms with Crippen LogP contribution in [0.1, 0.15) is 18.7 Å². The summed E-state index contributed by atoms with van der Waals surface area (Å²) in [5, 5.41) is 4.11. The molecule has 0 spiro atoms. The third-order valence-corrected chi connectivity index (χ3v) is 6.02. The quantitative estimate of drug-likeness (QED) is 0.850. The minimum Gasteiger partial charge on any atom is -0.338 e. The number of hydrogen-bond acceptors (Lipinski definition) is 6. The molecule has 0 aliphatic carbocycles. The highest BCUT2D eigenvalue weighted by molar-refractivity contribution is 7.99. The Labute approximate surface area is 147 Å². The Kier molecular flexibility index (Phi) is 5.16. The molecule has 0 unspecified atom stereocenters. The van der Waals surface area contributed by atoms with Crippen molar-refractivity contribution >= 4 is 11.8 Å². The summed E-state index contributed by atoms with van der Waals surface area (Å²) in [6.45, 7) is 5.26. The highest BCUT2D eigenvalue weighted by Crippen LogP contribution is 2.23. The smallest absolute Gasteiger partial charge is 0.241 e. The maximum atomic E-state index is 5.45. The number of rotatable bonds is 4. The van der Waals surface area contributed by atoms with Crippen LogP contribution in [0.2, 0.25) is 0 Å². The molecule has 1 aromatic carbocycles. The molecule has 4 rings (SSSR count). The third-order valence-electron chi connectivity index (χ3n) is 4.97. The fraction of sp³-hybridized carbons (Fsp3) is 0.556. The Balaban J connectivity index is 1.30. The van der Waals surface area contributed by atoms with E-state index in [0.717, 1.165) is 50.2 Å². The van der Waals surface area contributed by atoms with Crippen LogP contribution in [0.3, 0.4) is 0 Å². The third kappa shape index (κ3) is 3.82. The first-order valence-electron chi connectivity index (χ1n) is 8.80. The van der Waals surface area contributed by atoms with Gasteiger partial charge in [0.2, 0.25) is 11.7 Å². The van der Waals surface area contributed by atoms with Crippen LogP contribution in [0.25, 0.3) is 11.4 Å². The molecule has 2 aliphatic rings. The van der Waals surface area contributed by atoms with Gasteiger partial charge in [0.05, 0.1) is 6.54 Å². The van der Waals surface area contributed by atoms with E-state index in [1.165, 1.54) is 24.3 Å². The molecule has 2 aromatic rings. The molecular formula is C18H24N4OS. The Morgan fingerprint density at radius 2 is 1.79 bits per heavy atom. The topological polar surface area (TPSA) is 45.4 Å². The molecule has 0 N–H and O–H groups in total. The van der Waals surface area contributed by atoms with Crippen LogP contribution in [0.4, 0.5) is 0 Å². The van der Waals surface area contributed by atoms with E-state index in [0.29, 0.717) is 5.82 Å². The second kappa shape index (κ2) is 7.68. The first-order chi connectivity index (χ1) is 11.9. The van der Waals surface area contributed by atoms with Crippen molar-refractivity contribution in [3.05, 3.63) is 36.2 Å². The minimum absolute atomic E-state index is 0.684. The summed E-state index contributed by atoms with van der Waals surface area (Å²) in [5.41, 5.74) is 1.01. The molecule has 2 aliphatic heterocycles. The van der Waals surface area contributed by atoms with Crippen LogP contribution in [0.15, 0.2) is 34.9 Å². The summed E-state index contributed by atoms with van der Waals surface area (Å²) in [7, 11) is 0. The fourth-order valence-electron chi connectivity index (χ4n) is 3.55. The molecule has 6 heteroatoms. The van der Waals surface area contributed by atoms with E-state index < -0.39 is 0 Å². The molecule has 2 fully saturated rings. The van der Waals surface area contributed by atoms with Crippen molar-refractivity contribution in [3.8, 4) is 11.4 Å². The van der Waals surface area contributed by atoms with E-state index in [2.05, 4.69) is 31.7 Å². The van der Waals surface area contributed by atoms with Crippen LogP contribution in [0.5, 0.6) is 0 Å². The van der Waals surface area contributed by atoms with Gasteiger partial charge in [0.25, 0.3) is 0 Å². The first kappa shape index (κ1) is 16.1. The molecule has 128 valence electrons. The van der Waals surface area contributed by atoms with Crippen LogP contribution in [-0.2, 0) is 6.54 Å². The monoisotopic (exact) mass is 344 g/mol. The van der Waals surface area contributed by atoms with Gasteiger partial charge in [0, 0.05) is 37.8 Å². The highest BCUT2D eigenvalue weighted by Gasteiger charge is 2.26. The lowest BCUT2D eigenvalue weighted by molar-refractivity contribution is 0.0816. The normalized spacial score (nSPS) is 21.2. The summed E-state index contributed by atoms with van der Waals surface area (Å²) in [6, 6.07) is 10.8. The van der Waals surface area contributed by atoms with Crippen molar-refractivity contribution < 1.29 is 4.52 Å². The maximum Gasteiger partial charge on any atom is 0.241 e. The number of thioether (sulfide) groups is 1. The zero-order valence-electron chi connectivity index (χ0n) is 13.9.